The van der Waals surface area contributed by atoms with Gasteiger partial charge in [-0.1, -0.05) is 13.8 Å². The van der Waals surface area contributed by atoms with Crippen molar-refractivity contribution in [2.75, 3.05) is 13.1 Å². The Morgan fingerprint density at radius 1 is 1.67 bits per heavy atom. The second-order valence-corrected chi connectivity index (χ2v) is 4.29. The average molecular weight is 172 g/mol. The number of hydrogen-bond donors (Lipinski definition) is 2. The van der Waals surface area contributed by atoms with Crippen LogP contribution in [-0.2, 0) is 0 Å². The zero-order valence-corrected chi connectivity index (χ0v) is 7.58. The molecule has 4 heteroatoms. The van der Waals surface area contributed by atoms with Crippen LogP contribution in [0.15, 0.2) is 0 Å². The van der Waals surface area contributed by atoms with E-state index < -0.39 is 6.09 Å². The third kappa shape index (κ3) is 2.11. The Labute approximate surface area is 72.3 Å². The number of nitrogens with two attached hydrogens (primary N) is 1. The van der Waals surface area contributed by atoms with E-state index in [2.05, 4.69) is 0 Å². The SMILES string of the molecule is CC1(C)C[C@H](N)CN(C(=O)O)C1. The Kier molecular flexibility index (Phi) is 2.28. The van der Waals surface area contributed by atoms with Gasteiger partial charge < -0.3 is 15.7 Å². The summed E-state index contributed by atoms with van der Waals surface area (Å²) in [6, 6.07) is -0.00940. The topological polar surface area (TPSA) is 66.6 Å². The molecule has 12 heavy (non-hydrogen) atoms. The van der Waals surface area contributed by atoms with Crippen molar-refractivity contribution < 1.29 is 9.90 Å². The van der Waals surface area contributed by atoms with E-state index in [4.69, 9.17) is 10.8 Å². The molecule has 0 aliphatic carbocycles. The van der Waals surface area contributed by atoms with Gasteiger partial charge in [0.1, 0.15) is 0 Å². The quantitative estimate of drug-likeness (QED) is 0.566. The number of likely N-dealkylation sites (tertiary alicyclic amines) is 1. The van der Waals surface area contributed by atoms with Gasteiger partial charge in [0.2, 0.25) is 0 Å². The molecule has 1 aliphatic rings. The molecule has 1 fully saturated rings. The van der Waals surface area contributed by atoms with Crippen molar-refractivity contribution in [1.29, 1.82) is 0 Å². The smallest absolute Gasteiger partial charge is 0.407 e. The molecule has 0 radical (unpaired) electrons. The number of nitrogens with zero attached hydrogens (tertiary/aromatic N) is 1. The van der Waals surface area contributed by atoms with Crippen LogP contribution in [0.4, 0.5) is 4.79 Å². The van der Waals surface area contributed by atoms with Crippen molar-refractivity contribution in [3.05, 3.63) is 0 Å². The monoisotopic (exact) mass is 172 g/mol. The fourth-order valence-corrected chi connectivity index (χ4v) is 1.85. The number of rotatable bonds is 0. The molecule has 1 heterocycles. The van der Waals surface area contributed by atoms with Gasteiger partial charge in [0.15, 0.2) is 0 Å². The van der Waals surface area contributed by atoms with Gasteiger partial charge in [0.05, 0.1) is 0 Å². The summed E-state index contributed by atoms with van der Waals surface area (Å²) in [4.78, 5) is 12.1. The maximum absolute atomic E-state index is 10.7. The molecule has 0 unspecified atom stereocenters. The maximum atomic E-state index is 10.7. The lowest BCUT2D eigenvalue weighted by atomic mass is 9.82. The Morgan fingerprint density at radius 2 is 2.25 bits per heavy atom. The molecule has 70 valence electrons. The van der Waals surface area contributed by atoms with Crippen LogP contribution in [0.5, 0.6) is 0 Å². The first kappa shape index (κ1) is 9.32. The summed E-state index contributed by atoms with van der Waals surface area (Å²) in [5.41, 5.74) is 5.76. The molecule has 4 nitrogen and oxygen atoms in total. The summed E-state index contributed by atoms with van der Waals surface area (Å²) in [6.07, 6.45) is 0.0368. The Morgan fingerprint density at radius 3 is 2.67 bits per heavy atom. The third-order valence-electron chi connectivity index (χ3n) is 2.16. The summed E-state index contributed by atoms with van der Waals surface area (Å²) >= 11 is 0. The highest BCUT2D eigenvalue weighted by molar-refractivity contribution is 5.65. The first-order valence-corrected chi connectivity index (χ1v) is 4.14. The second-order valence-electron chi connectivity index (χ2n) is 4.29. The summed E-state index contributed by atoms with van der Waals surface area (Å²) in [5.74, 6) is 0. The predicted octanol–water partition coefficient (Wildman–Crippen LogP) is 0.724. The molecular formula is C8H16N2O2. The van der Waals surface area contributed by atoms with E-state index >= 15 is 0 Å². The van der Waals surface area contributed by atoms with Gasteiger partial charge >= 0.3 is 6.09 Å². The van der Waals surface area contributed by atoms with Crippen LogP contribution in [0.2, 0.25) is 0 Å². The van der Waals surface area contributed by atoms with Crippen LogP contribution in [0.3, 0.4) is 0 Å². The molecule has 0 aromatic rings. The molecule has 0 saturated carbocycles. The van der Waals surface area contributed by atoms with Gasteiger partial charge in [0.25, 0.3) is 0 Å². The Bertz CT molecular complexity index is 191. The van der Waals surface area contributed by atoms with Crippen molar-refractivity contribution in [2.24, 2.45) is 11.1 Å². The van der Waals surface area contributed by atoms with E-state index in [1.807, 2.05) is 13.8 Å². The van der Waals surface area contributed by atoms with E-state index in [1.54, 1.807) is 0 Å². The van der Waals surface area contributed by atoms with Gasteiger partial charge in [-0.2, -0.15) is 0 Å². The van der Waals surface area contributed by atoms with Crippen LogP contribution < -0.4 is 5.73 Å². The van der Waals surface area contributed by atoms with Gasteiger partial charge in [-0.15, -0.1) is 0 Å². The molecule has 0 bridgehead atoms. The van der Waals surface area contributed by atoms with Gasteiger partial charge in [-0.05, 0) is 11.8 Å². The third-order valence-corrected chi connectivity index (χ3v) is 2.16. The fourth-order valence-electron chi connectivity index (χ4n) is 1.85. The molecule has 0 aromatic carbocycles. The summed E-state index contributed by atoms with van der Waals surface area (Å²) in [5, 5.41) is 8.76. The number of amides is 1. The van der Waals surface area contributed by atoms with Gasteiger partial charge in [0, 0.05) is 19.1 Å². The zero-order valence-electron chi connectivity index (χ0n) is 7.58. The molecule has 3 N–H and O–H groups in total. The molecule has 0 aromatic heterocycles. The molecule has 1 aliphatic heterocycles. The highest BCUT2D eigenvalue weighted by Gasteiger charge is 2.32. The maximum Gasteiger partial charge on any atom is 0.407 e. The van der Waals surface area contributed by atoms with Gasteiger partial charge in [-0.3, -0.25) is 0 Å². The lowest BCUT2D eigenvalue weighted by molar-refractivity contribution is 0.0855. The van der Waals surface area contributed by atoms with Crippen molar-refractivity contribution in [3.8, 4) is 0 Å². The Balaban J connectivity index is 2.64. The first-order chi connectivity index (χ1) is 5.41. The summed E-state index contributed by atoms with van der Waals surface area (Å²) in [7, 11) is 0. The number of carbonyl (C=O) groups is 1. The van der Waals surface area contributed by atoms with Crippen LogP contribution in [-0.4, -0.2) is 35.2 Å². The molecule has 0 spiro atoms. The molecule has 1 saturated heterocycles. The fraction of sp³-hybridized carbons (Fsp3) is 0.875. The van der Waals surface area contributed by atoms with Gasteiger partial charge in [-0.25, -0.2) is 4.79 Å². The zero-order chi connectivity index (χ0) is 9.35. The summed E-state index contributed by atoms with van der Waals surface area (Å²) < 4.78 is 0. The van der Waals surface area contributed by atoms with E-state index in [1.165, 1.54) is 4.90 Å². The lowest BCUT2D eigenvalue weighted by Gasteiger charge is -2.39. The van der Waals surface area contributed by atoms with Crippen molar-refractivity contribution in [2.45, 2.75) is 26.3 Å². The Hall–Kier alpha value is -0.770. The van der Waals surface area contributed by atoms with E-state index in [0.717, 1.165) is 6.42 Å². The summed E-state index contributed by atoms with van der Waals surface area (Å²) in [6.45, 7) is 5.15. The molecule has 1 rings (SSSR count). The van der Waals surface area contributed by atoms with Crippen LogP contribution >= 0.6 is 0 Å². The minimum Gasteiger partial charge on any atom is -0.465 e. The van der Waals surface area contributed by atoms with Crippen molar-refractivity contribution >= 4 is 6.09 Å². The predicted molar refractivity (Wildman–Crippen MR) is 46.0 cm³/mol. The second kappa shape index (κ2) is 2.94. The number of carboxylic acid groups (broad SMARTS) is 1. The first-order valence-electron chi connectivity index (χ1n) is 4.14. The largest absolute Gasteiger partial charge is 0.465 e. The lowest BCUT2D eigenvalue weighted by Crippen LogP contribution is -2.52. The number of piperidine rings is 1. The van der Waals surface area contributed by atoms with E-state index in [-0.39, 0.29) is 11.5 Å². The van der Waals surface area contributed by atoms with Crippen LogP contribution in [0, 0.1) is 5.41 Å². The molecule has 1 amide bonds. The molecular weight excluding hydrogens is 156 g/mol. The van der Waals surface area contributed by atoms with E-state index in [0.29, 0.717) is 13.1 Å². The highest BCUT2D eigenvalue weighted by atomic mass is 16.4. The van der Waals surface area contributed by atoms with Crippen molar-refractivity contribution in [1.82, 2.24) is 4.90 Å². The minimum absolute atomic E-state index is 0.00940. The molecule has 1 atom stereocenters. The van der Waals surface area contributed by atoms with Crippen LogP contribution in [0.25, 0.3) is 0 Å². The van der Waals surface area contributed by atoms with E-state index in [9.17, 15) is 4.79 Å². The average Bonchev–Trinajstić information content (AvgIpc) is 1.82. The van der Waals surface area contributed by atoms with Crippen LogP contribution in [0.1, 0.15) is 20.3 Å². The minimum atomic E-state index is -0.863. The normalized spacial score (nSPS) is 28.6. The number of hydrogen-bond acceptors (Lipinski definition) is 2. The highest BCUT2D eigenvalue weighted by Crippen LogP contribution is 2.27. The van der Waals surface area contributed by atoms with Crippen molar-refractivity contribution in [3.63, 3.8) is 0 Å². The standard InChI is InChI=1S/C8H16N2O2/c1-8(2)3-6(9)4-10(5-8)7(11)12/h6H,3-5,9H2,1-2H3,(H,11,12)/t6-/m0/s1.